The number of nitrogens with one attached hydrogen (secondary N) is 2. The Bertz CT molecular complexity index is 1040. The predicted octanol–water partition coefficient (Wildman–Crippen LogP) is 2.15. The minimum atomic E-state index is -3.96. The maximum Gasteiger partial charge on any atom is 0.284 e. The first-order valence-electron chi connectivity index (χ1n) is 7.98. The molecule has 0 radical (unpaired) electrons. The number of sulfonamides is 1. The monoisotopic (exact) mass is 380 g/mol. The average Bonchev–Trinajstić information content (AvgIpc) is 2.73. The van der Waals surface area contributed by atoms with Crippen molar-refractivity contribution in [2.75, 3.05) is 0 Å². The molecular weight excluding hydrogens is 364 g/mol. The van der Waals surface area contributed by atoms with E-state index in [1.54, 1.807) is 48.5 Å². The number of hydrogen-bond acceptors (Lipinski definition) is 4. The summed E-state index contributed by atoms with van der Waals surface area (Å²) in [7, 11) is -3.96. The topological polar surface area (TPSA) is 101 Å². The van der Waals surface area contributed by atoms with Crippen molar-refractivity contribution in [1.82, 2.24) is 15.8 Å². The molecule has 2 N–H and O–H groups in total. The maximum atomic E-state index is 12.6. The van der Waals surface area contributed by atoms with E-state index in [1.807, 2.05) is 0 Å². The van der Waals surface area contributed by atoms with Gasteiger partial charge in [-0.25, -0.2) is 0 Å². The molecule has 0 saturated carbocycles. The van der Waals surface area contributed by atoms with Crippen LogP contribution < -0.4 is 10.9 Å². The molecule has 0 aliphatic heterocycles. The van der Waals surface area contributed by atoms with Crippen LogP contribution in [0.25, 0.3) is 0 Å². The summed E-state index contributed by atoms with van der Waals surface area (Å²) in [5, 5.41) is 0. The fourth-order valence-corrected chi connectivity index (χ4v) is 3.20. The van der Waals surface area contributed by atoms with E-state index in [9.17, 15) is 13.2 Å². The quantitative estimate of drug-likeness (QED) is 0.410. The summed E-state index contributed by atoms with van der Waals surface area (Å²) in [6.07, 6.45) is 2.97. The highest BCUT2D eigenvalue weighted by Gasteiger charge is 2.16. The van der Waals surface area contributed by atoms with E-state index >= 15 is 0 Å². The Balaban J connectivity index is 1.89. The highest BCUT2D eigenvalue weighted by Crippen LogP contribution is 2.13. The highest BCUT2D eigenvalue weighted by molar-refractivity contribution is 7.90. The molecule has 0 unspecified atom stereocenters. The number of pyridine rings is 1. The first-order valence-corrected chi connectivity index (χ1v) is 9.42. The van der Waals surface area contributed by atoms with Crippen molar-refractivity contribution in [1.29, 1.82) is 0 Å². The Morgan fingerprint density at radius 2 is 1.37 bits per heavy atom. The van der Waals surface area contributed by atoms with Gasteiger partial charge in [0.1, 0.15) is 0 Å². The summed E-state index contributed by atoms with van der Waals surface area (Å²) < 4.78 is 29.0. The van der Waals surface area contributed by atoms with E-state index < -0.39 is 15.9 Å². The van der Waals surface area contributed by atoms with Gasteiger partial charge in [-0.1, -0.05) is 48.5 Å². The molecule has 1 aromatic heterocycles. The number of carbonyl (C=O) groups excluding carboxylic acids is 1. The van der Waals surface area contributed by atoms with Crippen molar-refractivity contribution in [3.63, 3.8) is 0 Å². The summed E-state index contributed by atoms with van der Waals surface area (Å²) in [5.74, 6) is -0.444. The number of carbonyl (C=O) groups is 1. The second-order valence-electron chi connectivity index (χ2n) is 5.41. The fourth-order valence-electron chi connectivity index (χ4n) is 2.20. The molecule has 27 heavy (non-hydrogen) atoms. The lowest BCUT2D eigenvalue weighted by Crippen LogP contribution is -2.42. The van der Waals surface area contributed by atoms with E-state index in [1.165, 1.54) is 36.7 Å². The van der Waals surface area contributed by atoms with Crippen LogP contribution in [0.4, 0.5) is 0 Å². The molecule has 7 nitrogen and oxygen atoms in total. The Kier molecular flexibility index (Phi) is 5.58. The van der Waals surface area contributed by atoms with E-state index in [0.717, 1.165) is 0 Å². The summed E-state index contributed by atoms with van der Waals surface area (Å²) in [6.45, 7) is 0. The molecule has 3 rings (SSSR count). The van der Waals surface area contributed by atoms with Gasteiger partial charge in [0.15, 0.2) is 5.84 Å². The first kappa shape index (κ1) is 18.3. The minimum Gasteiger partial charge on any atom is -0.280 e. The number of amides is 1. The van der Waals surface area contributed by atoms with Crippen LogP contribution >= 0.6 is 0 Å². The van der Waals surface area contributed by atoms with Crippen molar-refractivity contribution in [3.8, 4) is 0 Å². The minimum absolute atomic E-state index is 0.00172. The lowest BCUT2D eigenvalue weighted by molar-refractivity contribution is 0.0944. The summed E-state index contributed by atoms with van der Waals surface area (Å²) in [5.41, 5.74) is 5.95. The van der Waals surface area contributed by atoms with Crippen LogP contribution in [0.1, 0.15) is 15.9 Å². The second kappa shape index (κ2) is 8.24. The van der Waals surface area contributed by atoms with Crippen LogP contribution in [0, 0.1) is 0 Å². The van der Waals surface area contributed by atoms with Crippen LogP contribution in [-0.4, -0.2) is 25.1 Å². The van der Waals surface area contributed by atoms with Gasteiger partial charge in [0, 0.05) is 23.5 Å². The SMILES string of the molecule is O=C(NNC(=NS(=O)(=O)c1ccccc1)c1ccccc1)c1ccncc1. The number of amidine groups is 1. The number of benzene rings is 2. The standard InChI is InChI=1S/C19H16N4O3S/c24-19(16-11-13-20-14-12-16)22-21-18(15-7-3-1-4-8-15)23-27(25,26)17-9-5-2-6-10-17/h1-14H,(H,21,23)(H,22,24). The maximum absolute atomic E-state index is 12.6. The third-order valence-corrected chi connectivity index (χ3v) is 4.83. The van der Waals surface area contributed by atoms with Gasteiger partial charge in [0.05, 0.1) is 4.90 Å². The molecule has 0 spiro atoms. The van der Waals surface area contributed by atoms with E-state index in [-0.39, 0.29) is 10.7 Å². The van der Waals surface area contributed by atoms with Crippen molar-refractivity contribution in [2.24, 2.45) is 4.40 Å². The molecule has 0 aliphatic rings. The largest absolute Gasteiger partial charge is 0.284 e. The van der Waals surface area contributed by atoms with E-state index in [0.29, 0.717) is 11.1 Å². The molecule has 0 aliphatic carbocycles. The van der Waals surface area contributed by atoms with Gasteiger partial charge >= 0.3 is 0 Å². The van der Waals surface area contributed by atoms with Gasteiger partial charge in [0.2, 0.25) is 0 Å². The average molecular weight is 380 g/mol. The molecule has 2 aromatic carbocycles. The van der Waals surface area contributed by atoms with Crippen LogP contribution in [0.5, 0.6) is 0 Å². The highest BCUT2D eigenvalue weighted by atomic mass is 32.2. The molecule has 136 valence electrons. The van der Waals surface area contributed by atoms with Crippen LogP contribution in [0.15, 0.2) is 94.5 Å². The number of hydrazine groups is 1. The summed E-state index contributed by atoms with van der Waals surface area (Å²) in [6, 6.07) is 19.6. The van der Waals surface area contributed by atoms with Crippen molar-refractivity contribution in [3.05, 3.63) is 96.3 Å². The lowest BCUT2D eigenvalue weighted by atomic mass is 10.2. The molecule has 0 atom stereocenters. The predicted molar refractivity (Wildman–Crippen MR) is 101 cm³/mol. The van der Waals surface area contributed by atoms with Gasteiger partial charge in [-0.3, -0.25) is 20.6 Å². The van der Waals surface area contributed by atoms with Gasteiger partial charge in [-0.2, -0.15) is 8.42 Å². The number of rotatable bonds is 4. The van der Waals surface area contributed by atoms with E-state index in [2.05, 4.69) is 20.2 Å². The molecule has 8 heteroatoms. The van der Waals surface area contributed by atoms with Crippen LogP contribution in [0.2, 0.25) is 0 Å². The fraction of sp³-hybridized carbons (Fsp3) is 0. The number of aromatic nitrogens is 1. The van der Waals surface area contributed by atoms with Crippen LogP contribution in [0.3, 0.4) is 0 Å². The van der Waals surface area contributed by atoms with Gasteiger partial charge in [0.25, 0.3) is 15.9 Å². The molecule has 1 heterocycles. The zero-order valence-electron chi connectivity index (χ0n) is 14.1. The smallest absolute Gasteiger partial charge is 0.280 e. The molecule has 1 amide bonds. The third kappa shape index (κ3) is 4.77. The molecular formula is C19H16N4O3S. The first-order chi connectivity index (χ1) is 13.1. The Labute approximate surface area is 156 Å². The van der Waals surface area contributed by atoms with Gasteiger partial charge in [-0.05, 0) is 24.3 Å². The van der Waals surface area contributed by atoms with Gasteiger partial charge < -0.3 is 0 Å². The lowest BCUT2D eigenvalue weighted by Gasteiger charge is -2.12. The second-order valence-corrected chi connectivity index (χ2v) is 7.01. The molecule has 0 saturated heterocycles. The number of nitrogens with zero attached hydrogens (tertiary/aromatic N) is 2. The molecule has 0 fully saturated rings. The third-order valence-electron chi connectivity index (χ3n) is 3.54. The van der Waals surface area contributed by atoms with Crippen molar-refractivity contribution >= 4 is 21.8 Å². The summed E-state index contributed by atoms with van der Waals surface area (Å²) in [4.78, 5) is 16.1. The Hall–Kier alpha value is -3.52. The van der Waals surface area contributed by atoms with Gasteiger partial charge in [-0.15, -0.1) is 4.40 Å². The van der Waals surface area contributed by atoms with Crippen molar-refractivity contribution in [2.45, 2.75) is 4.90 Å². The zero-order chi connectivity index (χ0) is 19.1. The molecule has 3 aromatic rings. The number of hydrogen-bond donors (Lipinski definition) is 2. The van der Waals surface area contributed by atoms with Crippen molar-refractivity contribution < 1.29 is 13.2 Å². The molecule has 0 bridgehead atoms. The van der Waals surface area contributed by atoms with Crippen LogP contribution in [-0.2, 0) is 10.0 Å². The normalized spacial score (nSPS) is 11.6. The zero-order valence-corrected chi connectivity index (χ0v) is 14.9. The van der Waals surface area contributed by atoms with E-state index in [4.69, 9.17) is 0 Å². The Morgan fingerprint density at radius 3 is 2.00 bits per heavy atom. The Morgan fingerprint density at radius 1 is 0.778 bits per heavy atom. The summed E-state index contributed by atoms with van der Waals surface area (Å²) >= 11 is 0.